The standard InChI is InChI=1S/C57H41NO.C54H41NO/c1-57(2)53-19-11-9-17-48(53)49-34-27-43(37-54(49)57)51-35-44(36-52-50-18-10-12-20-55(50)59-56(51)52)42-25-32-47(33-26-42)58(45-28-21-40(22-29-45)38-13-5-3-6-14-38)46-30-23-41(24-31-46)39-15-7-4-8-16-39;1-53(2)47-19-11-8-16-40(47)42-28-24-36(30-49(42)53)45-31-39(32-46-44-18-10-13-21-51(44)56-52(45)46)55(37-25-22-35(23-26-37)34-14-6-5-7-15-34)38-27-29-43-41-17-9-12-20-48(41)54(3,4)50(43)33-38/h3-37H,1-2H3;5-33H,1-4H3. The molecule has 2 aromatic heterocycles. The van der Waals surface area contributed by atoms with Crippen LogP contribution in [0.5, 0.6) is 0 Å². The number of nitrogens with zero attached hydrogens (tertiary/aromatic N) is 2. The van der Waals surface area contributed by atoms with Crippen molar-refractivity contribution in [2.45, 2.75) is 57.8 Å². The summed E-state index contributed by atoms with van der Waals surface area (Å²) in [6.45, 7) is 14.1. The van der Waals surface area contributed by atoms with Crippen molar-refractivity contribution in [1.29, 1.82) is 0 Å². The topological polar surface area (TPSA) is 32.8 Å². The predicted molar refractivity (Wildman–Crippen MR) is 482 cm³/mol. The maximum absolute atomic E-state index is 6.79. The molecule has 0 spiro atoms. The number of hydrogen-bond acceptors (Lipinski definition) is 4. The number of hydrogen-bond donors (Lipinski definition) is 0. The smallest absolute Gasteiger partial charge is 0.143 e. The van der Waals surface area contributed by atoms with Crippen LogP contribution in [0, 0.1) is 0 Å². The average Bonchev–Trinajstić information content (AvgIpc) is 1.59. The highest BCUT2D eigenvalue weighted by atomic mass is 16.3. The Morgan fingerprint density at radius 1 is 0.174 bits per heavy atom. The van der Waals surface area contributed by atoms with Gasteiger partial charge in [0.05, 0.1) is 0 Å². The fourth-order valence-electron chi connectivity index (χ4n) is 18.9. The van der Waals surface area contributed by atoms with E-state index in [-0.39, 0.29) is 16.2 Å². The highest BCUT2D eigenvalue weighted by Gasteiger charge is 2.39. The SMILES string of the molecule is CC1(C)c2ccccc2-c2ccc(-c3cc(-c4ccc(N(c5ccc(-c6ccccc6)cc5)c5ccc(-c6ccccc6)cc5)cc4)cc4c3oc3ccccc34)cc21.CC1(C)c2ccccc2-c2ccc(-c3cc(N(c4ccc(-c5ccccc5)cc4)c4ccc5c(c4)C(C)(C)c4ccccc4-5)cc4c3oc3ccccc34)cc21. The van der Waals surface area contributed by atoms with Gasteiger partial charge in [0.15, 0.2) is 0 Å². The van der Waals surface area contributed by atoms with E-state index in [0.717, 1.165) is 111 Å². The summed E-state index contributed by atoms with van der Waals surface area (Å²) in [7, 11) is 0. The molecule has 3 aliphatic rings. The number of furan rings is 2. The highest BCUT2D eigenvalue weighted by Crippen LogP contribution is 2.56. The Morgan fingerprint density at radius 2 is 0.461 bits per heavy atom. The maximum Gasteiger partial charge on any atom is 0.143 e. The minimum Gasteiger partial charge on any atom is -0.455 e. The molecule has 0 atom stereocenters. The Bertz CT molecular complexity index is 6920. The number of rotatable bonds is 12. The molecule has 548 valence electrons. The van der Waals surface area contributed by atoms with Crippen molar-refractivity contribution in [3.63, 3.8) is 0 Å². The molecule has 19 aromatic rings. The van der Waals surface area contributed by atoms with Gasteiger partial charge in [-0.3, -0.25) is 0 Å². The molecule has 0 fully saturated rings. The summed E-state index contributed by atoms with van der Waals surface area (Å²) in [5, 5.41) is 4.47. The van der Waals surface area contributed by atoms with Crippen molar-refractivity contribution in [1.82, 2.24) is 0 Å². The lowest BCUT2D eigenvalue weighted by molar-refractivity contribution is 0.660. The number of benzene rings is 17. The van der Waals surface area contributed by atoms with Crippen molar-refractivity contribution in [2.24, 2.45) is 0 Å². The van der Waals surface area contributed by atoms with Crippen LogP contribution >= 0.6 is 0 Å². The summed E-state index contributed by atoms with van der Waals surface area (Å²) >= 11 is 0. The lowest BCUT2D eigenvalue weighted by Gasteiger charge is -2.29. The van der Waals surface area contributed by atoms with Gasteiger partial charge in [-0.15, -0.1) is 0 Å². The van der Waals surface area contributed by atoms with Crippen LogP contribution in [-0.2, 0) is 16.2 Å². The second kappa shape index (κ2) is 27.1. The van der Waals surface area contributed by atoms with Gasteiger partial charge in [-0.1, -0.05) is 321 Å². The third-order valence-electron chi connectivity index (χ3n) is 25.0. The van der Waals surface area contributed by atoms with Crippen LogP contribution in [0.3, 0.4) is 0 Å². The minimum absolute atomic E-state index is 0.0992. The molecule has 115 heavy (non-hydrogen) atoms. The Morgan fingerprint density at radius 3 is 0.870 bits per heavy atom. The molecule has 0 aliphatic heterocycles. The zero-order valence-electron chi connectivity index (χ0n) is 65.2. The van der Waals surface area contributed by atoms with Gasteiger partial charge >= 0.3 is 0 Å². The van der Waals surface area contributed by atoms with E-state index in [1.54, 1.807) is 0 Å². The van der Waals surface area contributed by atoms with Crippen LogP contribution in [0.25, 0.3) is 144 Å². The monoisotopic (exact) mass is 1470 g/mol. The number of fused-ring (bicyclic) bond motifs is 15. The predicted octanol–water partition coefficient (Wildman–Crippen LogP) is 31.0. The van der Waals surface area contributed by atoms with Crippen molar-refractivity contribution in [2.75, 3.05) is 9.80 Å². The lowest BCUT2D eigenvalue weighted by Crippen LogP contribution is -2.16. The Balaban J connectivity index is 0.000000144. The Kier molecular flexibility index (Phi) is 16.3. The molecular weight excluding hydrogens is 1390 g/mol. The Hall–Kier alpha value is -14.1. The third kappa shape index (κ3) is 11.6. The molecule has 0 saturated heterocycles. The molecule has 22 rings (SSSR count). The quantitative estimate of drug-likeness (QED) is 0.122. The summed E-state index contributed by atoms with van der Waals surface area (Å²) < 4.78 is 13.5. The summed E-state index contributed by atoms with van der Waals surface area (Å²) in [5.74, 6) is 0. The summed E-state index contributed by atoms with van der Waals surface area (Å²) in [4.78, 5) is 4.78. The first-order valence-corrected chi connectivity index (χ1v) is 40.1. The van der Waals surface area contributed by atoms with Gasteiger partial charge in [0.25, 0.3) is 0 Å². The molecule has 4 heteroatoms. The molecule has 0 saturated carbocycles. The number of anilines is 6. The molecule has 3 aliphatic carbocycles. The maximum atomic E-state index is 6.79. The highest BCUT2D eigenvalue weighted by molar-refractivity contribution is 6.13. The molecule has 2 heterocycles. The van der Waals surface area contributed by atoms with Gasteiger partial charge in [0.1, 0.15) is 22.3 Å². The van der Waals surface area contributed by atoms with Gasteiger partial charge in [-0.25, -0.2) is 0 Å². The lowest BCUT2D eigenvalue weighted by atomic mass is 9.81. The largest absolute Gasteiger partial charge is 0.455 e. The van der Waals surface area contributed by atoms with Crippen molar-refractivity contribution in [3.8, 4) is 100 Å². The summed E-state index contributed by atoms with van der Waals surface area (Å²) in [6.07, 6.45) is 0. The van der Waals surface area contributed by atoms with Crippen molar-refractivity contribution >= 4 is 78.0 Å². The first-order chi connectivity index (χ1) is 56.3. The van der Waals surface area contributed by atoms with Crippen LogP contribution in [0.4, 0.5) is 34.1 Å². The Labute approximate surface area is 671 Å². The third-order valence-corrected chi connectivity index (χ3v) is 25.0. The van der Waals surface area contributed by atoms with Gasteiger partial charge < -0.3 is 18.6 Å². The molecule has 17 aromatic carbocycles. The van der Waals surface area contributed by atoms with Crippen molar-refractivity contribution < 1.29 is 8.83 Å². The van der Waals surface area contributed by atoms with Crippen LogP contribution in [0.15, 0.2) is 397 Å². The van der Waals surface area contributed by atoms with Gasteiger partial charge in [-0.05, 0) is 232 Å². The van der Waals surface area contributed by atoms with Crippen LogP contribution in [-0.4, -0.2) is 0 Å². The first-order valence-electron chi connectivity index (χ1n) is 40.1. The van der Waals surface area contributed by atoms with E-state index in [1.165, 1.54) is 100 Å². The molecule has 0 bridgehead atoms. The van der Waals surface area contributed by atoms with Crippen LogP contribution in [0.1, 0.15) is 74.9 Å². The van der Waals surface area contributed by atoms with Gasteiger partial charge in [0.2, 0.25) is 0 Å². The minimum atomic E-state index is -0.130. The van der Waals surface area contributed by atoms with E-state index < -0.39 is 0 Å². The molecule has 0 N–H and O–H groups in total. The van der Waals surface area contributed by atoms with Gasteiger partial charge in [-0.2, -0.15) is 0 Å². The summed E-state index contributed by atoms with van der Waals surface area (Å²) in [5.41, 5.74) is 40.0. The van der Waals surface area contributed by atoms with Crippen LogP contribution in [0.2, 0.25) is 0 Å². The van der Waals surface area contributed by atoms with E-state index in [4.69, 9.17) is 8.83 Å². The average molecular weight is 1480 g/mol. The first kappa shape index (κ1) is 68.9. The molecule has 0 unspecified atom stereocenters. The van der Waals surface area contributed by atoms with E-state index >= 15 is 0 Å². The fourth-order valence-corrected chi connectivity index (χ4v) is 18.9. The fraction of sp³-hybridized carbons (Fsp3) is 0.0811. The zero-order valence-corrected chi connectivity index (χ0v) is 65.2. The van der Waals surface area contributed by atoms with E-state index in [9.17, 15) is 0 Å². The molecule has 0 amide bonds. The second-order valence-electron chi connectivity index (χ2n) is 32.7. The van der Waals surface area contributed by atoms with Gasteiger partial charge in [0, 0.05) is 83.0 Å². The molecule has 4 nitrogen and oxygen atoms in total. The van der Waals surface area contributed by atoms with E-state index in [1.807, 2.05) is 0 Å². The molecule has 0 radical (unpaired) electrons. The molecular formula is C111H82N2O2. The number of para-hydroxylation sites is 2. The summed E-state index contributed by atoms with van der Waals surface area (Å²) in [6, 6.07) is 141. The van der Waals surface area contributed by atoms with Crippen LogP contribution < -0.4 is 9.80 Å². The zero-order chi connectivity index (χ0) is 77.3. The van der Waals surface area contributed by atoms with Crippen molar-refractivity contribution in [3.05, 3.63) is 422 Å². The normalized spacial score (nSPS) is 13.5. The van der Waals surface area contributed by atoms with E-state index in [0.29, 0.717) is 0 Å². The second-order valence-corrected chi connectivity index (χ2v) is 32.7. The van der Waals surface area contributed by atoms with E-state index in [2.05, 4.69) is 440 Å².